The predicted octanol–water partition coefficient (Wildman–Crippen LogP) is 3.81. The van der Waals surface area contributed by atoms with E-state index in [-0.39, 0.29) is 0 Å². The number of benzene rings is 1. The highest BCUT2D eigenvalue weighted by molar-refractivity contribution is 14.1. The minimum atomic E-state index is 0.408. The van der Waals surface area contributed by atoms with Gasteiger partial charge in [-0.3, -0.25) is 0 Å². The second-order valence-electron chi connectivity index (χ2n) is 3.57. The summed E-state index contributed by atoms with van der Waals surface area (Å²) in [6, 6.07) is 9.48. The summed E-state index contributed by atoms with van der Waals surface area (Å²) in [4.78, 5) is 0. The van der Waals surface area contributed by atoms with Crippen LogP contribution in [-0.4, -0.2) is 19.8 Å². The summed E-state index contributed by atoms with van der Waals surface area (Å²) >= 11 is 11.7. The third-order valence-corrected chi connectivity index (χ3v) is 3.96. The maximum absolute atomic E-state index is 5.91. The van der Waals surface area contributed by atoms with Crippen LogP contribution >= 0.6 is 50.1 Å². The van der Waals surface area contributed by atoms with E-state index in [1.165, 1.54) is 0 Å². The van der Waals surface area contributed by atoms with Gasteiger partial charge in [-0.2, -0.15) is 9.61 Å². The first-order valence-electron chi connectivity index (χ1n) is 4.98. The SMILES string of the molecule is Clc1ccc2nnc(-c3cc(I)ccc3Br)n2n1. The highest BCUT2D eigenvalue weighted by Crippen LogP contribution is 2.28. The molecule has 3 aromatic rings. The van der Waals surface area contributed by atoms with Gasteiger partial charge in [0.15, 0.2) is 11.5 Å². The van der Waals surface area contributed by atoms with Gasteiger partial charge in [0, 0.05) is 13.6 Å². The second kappa shape index (κ2) is 4.75. The van der Waals surface area contributed by atoms with E-state index in [4.69, 9.17) is 11.6 Å². The summed E-state index contributed by atoms with van der Waals surface area (Å²) in [6.07, 6.45) is 0. The molecule has 0 radical (unpaired) electrons. The molecule has 0 saturated carbocycles. The molecule has 1 aromatic carbocycles. The average Bonchev–Trinajstić information content (AvgIpc) is 2.75. The van der Waals surface area contributed by atoms with Crippen molar-refractivity contribution in [2.45, 2.75) is 0 Å². The summed E-state index contributed by atoms with van der Waals surface area (Å²) < 4.78 is 3.70. The zero-order valence-corrected chi connectivity index (χ0v) is 13.3. The molecule has 0 aliphatic heterocycles. The summed E-state index contributed by atoms with van der Waals surface area (Å²) in [6.45, 7) is 0. The molecule has 0 bridgehead atoms. The van der Waals surface area contributed by atoms with Gasteiger partial charge in [-0.25, -0.2) is 0 Å². The Balaban J connectivity index is 2.31. The number of rotatable bonds is 1. The molecule has 0 spiro atoms. The van der Waals surface area contributed by atoms with E-state index in [0.29, 0.717) is 16.6 Å². The number of hydrogen-bond donors (Lipinski definition) is 0. The van der Waals surface area contributed by atoms with E-state index in [1.54, 1.807) is 16.6 Å². The summed E-state index contributed by atoms with van der Waals surface area (Å²) in [7, 11) is 0. The van der Waals surface area contributed by atoms with Crippen LogP contribution in [0.2, 0.25) is 5.15 Å². The Kier molecular flexibility index (Phi) is 3.25. The van der Waals surface area contributed by atoms with Gasteiger partial charge >= 0.3 is 0 Å². The third-order valence-electron chi connectivity index (χ3n) is 2.40. The smallest absolute Gasteiger partial charge is 0.186 e. The fourth-order valence-corrected chi connectivity index (χ4v) is 2.66. The lowest BCUT2D eigenvalue weighted by molar-refractivity contribution is 0.935. The monoisotopic (exact) mass is 434 g/mol. The lowest BCUT2D eigenvalue weighted by Crippen LogP contribution is -1.95. The average molecular weight is 435 g/mol. The molecule has 2 aromatic heterocycles. The molecule has 0 amide bonds. The minimum absolute atomic E-state index is 0.408. The predicted molar refractivity (Wildman–Crippen MR) is 81.6 cm³/mol. The maximum Gasteiger partial charge on any atom is 0.186 e. The Hall–Kier alpha value is -0.730. The van der Waals surface area contributed by atoms with Gasteiger partial charge in [0.25, 0.3) is 0 Å². The van der Waals surface area contributed by atoms with Crippen LogP contribution in [0.5, 0.6) is 0 Å². The van der Waals surface area contributed by atoms with Gasteiger partial charge in [-0.15, -0.1) is 10.2 Å². The normalized spacial score (nSPS) is 11.1. The number of hydrogen-bond acceptors (Lipinski definition) is 3. The van der Waals surface area contributed by atoms with Crippen molar-refractivity contribution in [3.8, 4) is 11.4 Å². The zero-order valence-electron chi connectivity index (χ0n) is 8.81. The lowest BCUT2D eigenvalue weighted by Gasteiger charge is -2.03. The van der Waals surface area contributed by atoms with Crippen LogP contribution < -0.4 is 0 Å². The number of halogens is 3. The molecule has 0 unspecified atom stereocenters. The van der Waals surface area contributed by atoms with E-state index in [2.05, 4.69) is 53.8 Å². The first-order valence-corrected chi connectivity index (χ1v) is 7.23. The molecular formula is C11H5BrClIN4. The van der Waals surface area contributed by atoms with E-state index < -0.39 is 0 Å². The van der Waals surface area contributed by atoms with Gasteiger partial charge < -0.3 is 0 Å². The molecule has 0 saturated heterocycles. The van der Waals surface area contributed by atoms with Crippen molar-refractivity contribution in [1.29, 1.82) is 0 Å². The fourth-order valence-electron chi connectivity index (χ4n) is 1.60. The molecule has 18 heavy (non-hydrogen) atoms. The van der Waals surface area contributed by atoms with Gasteiger partial charge in [-0.05, 0) is 52.9 Å². The Labute approximate surface area is 130 Å². The standard InChI is InChI=1S/C11H5BrClIN4/c12-8-2-1-6(14)5-7(8)11-16-15-10-4-3-9(13)17-18(10)11/h1-5H. The number of aromatic nitrogens is 4. The highest BCUT2D eigenvalue weighted by Gasteiger charge is 2.12. The molecule has 3 rings (SSSR count). The molecule has 90 valence electrons. The van der Waals surface area contributed by atoms with E-state index in [9.17, 15) is 0 Å². The topological polar surface area (TPSA) is 43.1 Å². The first kappa shape index (κ1) is 12.3. The molecule has 0 aliphatic rings. The van der Waals surface area contributed by atoms with E-state index in [1.807, 2.05) is 18.2 Å². The number of fused-ring (bicyclic) bond motifs is 1. The summed E-state index contributed by atoms with van der Waals surface area (Å²) in [5.74, 6) is 0.665. The highest BCUT2D eigenvalue weighted by atomic mass is 127. The maximum atomic E-state index is 5.91. The number of nitrogens with zero attached hydrogens (tertiary/aromatic N) is 4. The van der Waals surface area contributed by atoms with E-state index >= 15 is 0 Å². The molecule has 7 heteroatoms. The lowest BCUT2D eigenvalue weighted by atomic mass is 10.2. The molecule has 0 atom stereocenters. The quantitative estimate of drug-likeness (QED) is 0.546. The molecule has 2 heterocycles. The minimum Gasteiger partial charge on any atom is -0.191 e. The van der Waals surface area contributed by atoms with Crippen LogP contribution in [0.25, 0.3) is 17.0 Å². The molecule has 0 fully saturated rings. The van der Waals surface area contributed by atoms with Gasteiger partial charge in [0.1, 0.15) is 5.15 Å². The van der Waals surface area contributed by atoms with E-state index in [0.717, 1.165) is 13.6 Å². The third kappa shape index (κ3) is 2.12. The zero-order chi connectivity index (χ0) is 12.7. The Bertz CT molecular complexity index is 743. The van der Waals surface area contributed by atoms with Crippen molar-refractivity contribution in [3.63, 3.8) is 0 Å². The molecule has 4 nitrogen and oxygen atoms in total. The van der Waals surface area contributed by atoms with Gasteiger partial charge in [-0.1, -0.05) is 27.5 Å². The van der Waals surface area contributed by atoms with Crippen LogP contribution in [-0.2, 0) is 0 Å². The molecule has 0 aliphatic carbocycles. The fraction of sp³-hybridized carbons (Fsp3) is 0. The summed E-state index contributed by atoms with van der Waals surface area (Å²) in [5.41, 5.74) is 1.60. The van der Waals surface area contributed by atoms with Crippen molar-refractivity contribution < 1.29 is 0 Å². The van der Waals surface area contributed by atoms with Crippen LogP contribution in [0.3, 0.4) is 0 Å². The van der Waals surface area contributed by atoms with Crippen molar-refractivity contribution >= 4 is 55.8 Å². The Morgan fingerprint density at radius 2 is 2.00 bits per heavy atom. The second-order valence-corrected chi connectivity index (χ2v) is 6.06. The summed E-state index contributed by atoms with van der Waals surface area (Å²) in [5, 5.41) is 12.9. The Morgan fingerprint density at radius 3 is 2.83 bits per heavy atom. The van der Waals surface area contributed by atoms with Crippen molar-refractivity contribution in [2.24, 2.45) is 0 Å². The van der Waals surface area contributed by atoms with Crippen LogP contribution in [0, 0.1) is 3.57 Å². The van der Waals surface area contributed by atoms with Crippen LogP contribution in [0.15, 0.2) is 34.8 Å². The van der Waals surface area contributed by atoms with Crippen molar-refractivity contribution in [1.82, 2.24) is 19.8 Å². The van der Waals surface area contributed by atoms with Gasteiger partial charge in [0.2, 0.25) is 0 Å². The van der Waals surface area contributed by atoms with Crippen LogP contribution in [0.1, 0.15) is 0 Å². The van der Waals surface area contributed by atoms with Gasteiger partial charge in [0.05, 0.1) is 0 Å². The molecular weight excluding hydrogens is 430 g/mol. The van der Waals surface area contributed by atoms with Crippen molar-refractivity contribution in [2.75, 3.05) is 0 Å². The van der Waals surface area contributed by atoms with Crippen LogP contribution in [0.4, 0.5) is 0 Å². The molecule has 0 N–H and O–H groups in total. The first-order chi connectivity index (χ1) is 8.65. The Morgan fingerprint density at radius 1 is 1.17 bits per heavy atom. The largest absolute Gasteiger partial charge is 0.191 e. The van der Waals surface area contributed by atoms with Crippen molar-refractivity contribution in [3.05, 3.63) is 43.5 Å².